The summed E-state index contributed by atoms with van der Waals surface area (Å²) < 4.78 is 62.3. The van der Waals surface area contributed by atoms with Crippen molar-refractivity contribution in [3.63, 3.8) is 0 Å². The summed E-state index contributed by atoms with van der Waals surface area (Å²) in [6.07, 6.45) is -5.67. The zero-order valence-electron chi connectivity index (χ0n) is 10.3. The molecule has 110 valence electrons. The Balaban J connectivity index is 2.96. The van der Waals surface area contributed by atoms with Crippen molar-refractivity contribution >= 4 is 11.8 Å². The third kappa shape index (κ3) is 2.79. The number of hydrogen-bond acceptors (Lipinski definition) is 2. The van der Waals surface area contributed by atoms with Crippen LogP contribution in [0.25, 0.3) is 0 Å². The van der Waals surface area contributed by atoms with Crippen molar-refractivity contribution in [3.05, 3.63) is 0 Å². The molecule has 1 atom stereocenters. The van der Waals surface area contributed by atoms with E-state index in [4.69, 9.17) is 0 Å². The maximum atomic E-state index is 13.0. The predicted octanol–water partition coefficient (Wildman–Crippen LogP) is 1.26. The van der Waals surface area contributed by atoms with Crippen molar-refractivity contribution in [2.75, 3.05) is 20.6 Å². The van der Waals surface area contributed by atoms with Gasteiger partial charge in [0.2, 0.25) is 5.91 Å². The lowest BCUT2D eigenvalue weighted by molar-refractivity contribution is -0.274. The number of carbonyl (C=O) groups is 2. The SMILES string of the molecule is CN(C)C(=O)C1CCCN1C(=O)C(F)(F)C(F)(F)F. The lowest BCUT2D eigenvalue weighted by atomic mass is 10.2. The number of halogens is 5. The van der Waals surface area contributed by atoms with E-state index in [1.54, 1.807) is 0 Å². The van der Waals surface area contributed by atoms with Crippen molar-refractivity contribution in [2.24, 2.45) is 0 Å². The molecule has 1 heterocycles. The molecule has 2 amide bonds. The van der Waals surface area contributed by atoms with Gasteiger partial charge < -0.3 is 9.80 Å². The lowest BCUT2D eigenvalue weighted by Crippen LogP contribution is -2.56. The molecule has 0 aromatic rings. The Kier molecular flexibility index (Phi) is 4.06. The van der Waals surface area contributed by atoms with Gasteiger partial charge in [-0.2, -0.15) is 22.0 Å². The van der Waals surface area contributed by atoms with Crippen molar-refractivity contribution < 1.29 is 31.5 Å². The molecule has 4 nitrogen and oxygen atoms in total. The summed E-state index contributed by atoms with van der Waals surface area (Å²) in [6.45, 7) is -0.283. The minimum Gasteiger partial charge on any atom is -0.347 e. The standard InChI is InChI=1S/C10H13F5N2O2/c1-16(2)7(18)6-4-3-5-17(6)8(19)9(11,12)10(13,14)15/h6H,3-5H2,1-2H3. The van der Waals surface area contributed by atoms with Gasteiger partial charge in [-0.1, -0.05) is 0 Å². The van der Waals surface area contributed by atoms with Crippen molar-refractivity contribution in [2.45, 2.75) is 31.0 Å². The van der Waals surface area contributed by atoms with Gasteiger partial charge in [0.15, 0.2) is 0 Å². The highest BCUT2D eigenvalue weighted by molar-refractivity contribution is 5.91. The van der Waals surface area contributed by atoms with E-state index in [1.807, 2.05) is 0 Å². The molecule has 0 aromatic carbocycles. The first kappa shape index (κ1) is 15.6. The summed E-state index contributed by atoms with van der Waals surface area (Å²) in [6, 6.07) is -1.25. The van der Waals surface area contributed by atoms with Crippen LogP contribution in [-0.2, 0) is 9.59 Å². The topological polar surface area (TPSA) is 40.6 Å². The van der Waals surface area contributed by atoms with Gasteiger partial charge in [-0.05, 0) is 12.8 Å². The molecule has 0 saturated carbocycles. The smallest absolute Gasteiger partial charge is 0.347 e. The van der Waals surface area contributed by atoms with Crippen LogP contribution in [0.4, 0.5) is 22.0 Å². The van der Waals surface area contributed by atoms with E-state index < -0.39 is 30.0 Å². The number of likely N-dealkylation sites (N-methyl/N-ethyl adjacent to an activating group) is 1. The molecular formula is C10H13F5N2O2. The molecule has 0 bridgehead atoms. The van der Waals surface area contributed by atoms with E-state index in [9.17, 15) is 31.5 Å². The van der Waals surface area contributed by atoms with Gasteiger partial charge in [0.25, 0.3) is 0 Å². The molecule has 0 N–H and O–H groups in total. The van der Waals surface area contributed by atoms with Crippen molar-refractivity contribution in [1.82, 2.24) is 9.80 Å². The van der Waals surface area contributed by atoms with E-state index in [1.165, 1.54) is 14.1 Å². The minimum atomic E-state index is -5.96. The van der Waals surface area contributed by atoms with E-state index >= 15 is 0 Å². The summed E-state index contributed by atoms with van der Waals surface area (Å²) in [4.78, 5) is 24.4. The second-order valence-electron chi connectivity index (χ2n) is 4.46. The van der Waals surface area contributed by atoms with Gasteiger partial charge in [-0.15, -0.1) is 0 Å². The Hall–Kier alpha value is -1.41. The van der Waals surface area contributed by atoms with Crippen LogP contribution in [0, 0.1) is 0 Å². The third-order valence-electron chi connectivity index (χ3n) is 2.86. The first-order chi connectivity index (χ1) is 8.50. The van der Waals surface area contributed by atoms with Crippen LogP contribution >= 0.6 is 0 Å². The highest BCUT2D eigenvalue weighted by Crippen LogP contribution is 2.38. The number of carbonyl (C=O) groups excluding carboxylic acids is 2. The zero-order valence-corrected chi connectivity index (χ0v) is 10.3. The summed E-state index contributed by atoms with van der Waals surface area (Å²) in [7, 11) is 2.68. The number of nitrogens with zero attached hydrogens (tertiary/aromatic N) is 2. The zero-order chi connectivity index (χ0) is 15.0. The molecule has 9 heteroatoms. The average Bonchev–Trinajstić information content (AvgIpc) is 2.73. The molecule has 0 radical (unpaired) electrons. The normalized spacial score (nSPS) is 20.6. The van der Waals surface area contributed by atoms with E-state index in [0.717, 1.165) is 4.90 Å². The summed E-state index contributed by atoms with van der Waals surface area (Å²) >= 11 is 0. The Bertz CT molecular complexity index is 381. The van der Waals surface area contributed by atoms with Crippen LogP contribution in [0.5, 0.6) is 0 Å². The summed E-state index contributed by atoms with van der Waals surface area (Å²) in [5.74, 6) is -8.50. The molecule has 1 fully saturated rings. The highest BCUT2D eigenvalue weighted by atomic mass is 19.4. The first-order valence-electron chi connectivity index (χ1n) is 5.47. The molecule has 19 heavy (non-hydrogen) atoms. The molecule has 1 rings (SSSR count). The molecular weight excluding hydrogens is 275 g/mol. The van der Waals surface area contributed by atoms with Crippen LogP contribution in [0.3, 0.4) is 0 Å². The Labute approximate surface area is 106 Å². The Morgan fingerprint density at radius 3 is 2.11 bits per heavy atom. The van der Waals surface area contributed by atoms with Crippen LogP contribution in [0.2, 0.25) is 0 Å². The fourth-order valence-corrected chi connectivity index (χ4v) is 1.87. The fraction of sp³-hybridized carbons (Fsp3) is 0.800. The van der Waals surface area contributed by atoms with Gasteiger partial charge >= 0.3 is 18.0 Å². The van der Waals surface area contributed by atoms with E-state index in [0.29, 0.717) is 4.90 Å². The number of amides is 2. The number of hydrogen-bond donors (Lipinski definition) is 0. The van der Waals surface area contributed by atoms with Gasteiger partial charge in [-0.25, -0.2) is 0 Å². The fourth-order valence-electron chi connectivity index (χ4n) is 1.87. The quantitative estimate of drug-likeness (QED) is 0.718. The van der Waals surface area contributed by atoms with Crippen LogP contribution < -0.4 is 0 Å². The van der Waals surface area contributed by atoms with Gasteiger partial charge in [0.05, 0.1) is 0 Å². The molecule has 0 aliphatic carbocycles. The number of likely N-dealkylation sites (tertiary alicyclic amines) is 1. The lowest BCUT2D eigenvalue weighted by Gasteiger charge is -2.29. The second-order valence-corrected chi connectivity index (χ2v) is 4.46. The van der Waals surface area contributed by atoms with Gasteiger partial charge in [0.1, 0.15) is 6.04 Å². The largest absolute Gasteiger partial charge is 0.463 e. The van der Waals surface area contributed by atoms with E-state index in [-0.39, 0.29) is 19.4 Å². The van der Waals surface area contributed by atoms with Gasteiger partial charge in [0, 0.05) is 20.6 Å². The van der Waals surface area contributed by atoms with E-state index in [2.05, 4.69) is 0 Å². The average molecular weight is 288 g/mol. The van der Waals surface area contributed by atoms with Crippen LogP contribution in [0.15, 0.2) is 0 Å². The number of alkyl halides is 5. The van der Waals surface area contributed by atoms with Crippen molar-refractivity contribution in [3.8, 4) is 0 Å². The predicted molar refractivity (Wildman–Crippen MR) is 54.4 cm³/mol. The maximum absolute atomic E-state index is 13.0. The summed E-state index contributed by atoms with van der Waals surface area (Å²) in [5, 5.41) is 0. The molecule has 0 aromatic heterocycles. The molecule has 1 unspecified atom stereocenters. The van der Waals surface area contributed by atoms with Crippen LogP contribution in [-0.4, -0.2) is 60.4 Å². The molecule has 1 aliphatic rings. The maximum Gasteiger partial charge on any atom is 0.463 e. The Morgan fingerprint density at radius 2 is 1.68 bits per heavy atom. The molecule has 1 saturated heterocycles. The summed E-state index contributed by atoms with van der Waals surface area (Å²) in [5.41, 5.74) is 0. The van der Waals surface area contributed by atoms with Gasteiger partial charge in [-0.3, -0.25) is 9.59 Å². The molecule has 0 spiro atoms. The van der Waals surface area contributed by atoms with Crippen molar-refractivity contribution in [1.29, 1.82) is 0 Å². The first-order valence-corrected chi connectivity index (χ1v) is 5.47. The van der Waals surface area contributed by atoms with Crippen LogP contribution in [0.1, 0.15) is 12.8 Å². The highest BCUT2D eigenvalue weighted by Gasteiger charge is 2.65. The third-order valence-corrected chi connectivity index (χ3v) is 2.86. The monoisotopic (exact) mass is 288 g/mol. The molecule has 1 aliphatic heterocycles. The second kappa shape index (κ2) is 4.93. The Morgan fingerprint density at radius 1 is 1.16 bits per heavy atom. The minimum absolute atomic E-state index is 0.0801. The number of rotatable bonds is 2.